The standard InChI is InChI=1S/C29H17BrN8O3/c1-17(27-34-24-4-2-3-5-25(24)35-27)36-37-28(33-16-18-6-10-20(30)11-7-18)22(14-31)26(23(15-32)29(37)39)19-8-12-21(13-9-19)38(40)41/h2-13,16H,1H3,(H,34,35)/b33-16?,36-17+. The molecule has 0 radical (unpaired) electrons. The minimum Gasteiger partial charge on any atom is -0.337 e. The third-order valence-electron chi connectivity index (χ3n) is 6.11. The van der Waals surface area contributed by atoms with Gasteiger partial charge in [-0.1, -0.05) is 40.2 Å². The molecule has 0 aliphatic heterocycles. The van der Waals surface area contributed by atoms with Crippen LogP contribution in [-0.4, -0.2) is 31.5 Å². The Bertz CT molecular complexity index is 1990. The topological polar surface area (TPSA) is 166 Å². The number of aliphatic imine (C=N–C) groups is 1. The number of aromatic amines is 1. The van der Waals surface area contributed by atoms with Gasteiger partial charge in [0.15, 0.2) is 11.6 Å². The Morgan fingerprint density at radius 2 is 1.73 bits per heavy atom. The SMILES string of the molecule is C/C(=N\n1c(N=Cc2ccc(Br)cc2)c(C#N)c(-c2ccc([N+](=O)[O-])cc2)c(C#N)c1=O)c1nc2ccccc2[nH]1. The molecule has 198 valence electrons. The fourth-order valence-electron chi connectivity index (χ4n) is 4.12. The summed E-state index contributed by atoms with van der Waals surface area (Å²) in [5.74, 6) is 0.264. The van der Waals surface area contributed by atoms with Gasteiger partial charge >= 0.3 is 0 Å². The van der Waals surface area contributed by atoms with E-state index in [0.717, 1.165) is 14.7 Å². The van der Waals surface area contributed by atoms with Crippen molar-refractivity contribution >= 4 is 50.4 Å². The monoisotopic (exact) mass is 604 g/mol. The Morgan fingerprint density at radius 1 is 1.05 bits per heavy atom. The fraction of sp³-hybridized carbons (Fsp3) is 0.0345. The van der Waals surface area contributed by atoms with Crippen molar-refractivity contribution in [3.8, 4) is 23.3 Å². The zero-order valence-corrected chi connectivity index (χ0v) is 22.8. The molecule has 2 heterocycles. The molecule has 0 unspecified atom stereocenters. The minimum atomic E-state index is -0.821. The first-order chi connectivity index (χ1) is 19.8. The molecular weight excluding hydrogens is 588 g/mol. The van der Waals surface area contributed by atoms with Gasteiger partial charge in [0.25, 0.3) is 11.2 Å². The first-order valence-corrected chi connectivity index (χ1v) is 12.8. The van der Waals surface area contributed by atoms with Gasteiger partial charge in [0.05, 0.1) is 16.0 Å². The number of hydrogen-bond acceptors (Lipinski definition) is 8. The number of aromatic nitrogens is 3. The molecule has 0 aliphatic carbocycles. The lowest BCUT2D eigenvalue weighted by atomic mass is 9.96. The van der Waals surface area contributed by atoms with Crippen LogP contribution < -0.4 is 5.56 Å². The van der Waals surface area contributed by atoms with Crippen molar-refractivity contribution in [2.24, 2.45) is 10.1 Å². The normalized spacial score (nSPS) is 11.5. The number of imidazole rings is 1. The van der Waals surface area contributed by atoms with Crippen molar-refractivity contribution in [1.29, 1.82) is 10.5 Å². The largest absolute Gasteiger partial charge is 0.337 e. The first kappa shape index (κ1) is 26.9. The molecule has 0 saturated heterocycles. The summed E-state index contributed by atoms with van der Waals surface area (Å²) in [6, 6.07) is 23.7. The molecule has 0 atom stereocenters. The van der Waals surface area contributed by atoms with Crippen molar-refractivity contribution in [3.63, 3.8) is 0 Å². The van der Waals surface area contributed by atoms with Gasteiger partial charge in [0, 0.05) is 28.4 Å². The maximum absolute atomic E-state index is 13.8. The number of non-ortho nitro benzene ring substituents is 1. The van der Waals surface area contributed by atoms with Gasteiger partial charge in [-0.15, -0.1) is 0 Å². The number of nitro groups is 1. The number of H-pyrrole nitrogens is 1. The van der Waals surface area contributed by atoms with Crippen molar-refractivity contribution in [1.82, 2.24) is 14.6 Å². The highest BCUT2D eigenvalue weighted by atomic mass is 79.9. The van der Waals surface area contributed by atoms with Crippen LogP contribution in [0.1, 0.15) is 29.4 Å². The smallest absolute Gasteiger partial charge is 0.291 e. The summed E-state index contributed by atoms with van der Waals surface area (Å²) in [5, 5.41) is 35.9. The number of hydrogen-bond donors (Lipinski definition) is 1. The van der Waals surface area contributed by atoms with Crippen LogP contribution in [0.4, 0.5) is 11.5 Å². The summed E-state index contributed by atoms with van der Waals surface area (Å²) in [6.45, 7) is 1.63. The van der Waals surface area contributed by atoms with Crippen LogP contribution in [0.15, 0.2) is 92.2 Å². The lowest BCUT2D eigenvalue weighted by molar-refractivity contribution is -0.384. The van der Waals surface area contributed by atoms with E-state index in [2.05, 4.69) is 42.1 Å². The van der Waals surface area contributed by atoms with Gasteiger partial charge in [-0.3, -0.25) is 14.9 Å². The Kier molecular flexibility index (Phi) is 7.33. The van der Waals surface area contributed by atoms with Crippen LogP contribution in [0.5, 0.6) is 0 Å². The van der Waals surface area contributed by atoms with E-state index >= 15 is 0 Å². The molecule has 2 aromatic heterocycles. The second-order valence-corrected chi connectivity index (χ2v) is 9.61. The van der Waals surface area contributed by atoms with E-state index in [9.17, 15) is 25.4 Å². The number of halogens is 1. The van der Waals surface area contributed by atoms with E-state index < -0.39 is 10.5 Å². The number of nitrogens with one attached hydrogen (secondary N) is 1. The lowest BCUT2D eigenvalue weighted by Gasteiger charge is -2.13. The number of pyridine rings is 1. The van der Waals surface area contributed by atoms with E-state index in [1.807, 2.05) is 42.5 Å². The third kappa shape index (κ3) is 5.28. The second-order valence-electron chi connectivity index (χ2n) is 8.69. The van der Waals surface area contributed by atoms with Gasteiger partial charge in [0.2, 0.25) is 0 Å². The molecule has 5 aromatic rings. The highest BCUT2D eigenvalue weighted by molar-refractivity contribution is 9.10. The molecule has 5 rings (SSSR count). The zero-order chi connectivity index (χ0) is 29.1. The second kappa shape index (κ2) is 11.2. The molecule has 0 bridgehead atoms. The summed E-state index contributed by atoms with van der Waals surface area (Å²) < 4.78 is 1.76. The van der Waals surface area contributed by atoms with Crippen molar-refractivity contribution in [3.05, 3.63) is 120 Å². The summed E-state index contributed by atoms with van der Waals surface area (Å²) in [7, 11) is 0. The summed E-state index contributed by atoms with van der Waals surface area (Å²) in [4.78, 5) is 36.5. The fourth-order valence-corrected chi connectivity index (χ4v) is 4.38. The Labute approximate surface area is 240 Å². The van der Waals surface area contributed by atoms with Crippen LogP contribution in [0.25, 0.3) is 22.2 Å². The van der Waals surface area contributed by atoms with Crippen LogP contribution >= 0.6 is 15.9 Å². The average Bonchev–Trinajstić information content (AvgIpc) is 3.42. The van der Waals surface area contributed by atoms with E-state index in [1.54, 1.807) is 19.1 Å². The molecule has 0 aliphatic rings. The number of rotatable bonds is 6. The van der Waals surface area contributed by atoms with Gasteiger partial charge in [0.1, 0.15) is 29.0 Å². The average molecular weight is 605 g/mol. The zero-order valence-electron chi connectivity index (χ0n) is 21.2. The summed E-state index contributed by atoms with van der Waals surface area (Å²) >= 11 is 3.38. The summed E-state index contributed by atoms with van der Waals surface area (Å²) in [5.41, 5.74) is 1.25. The Balaban J connectivity index is 1.78. The van der Waals surface area contributed by atoms with Crippen molar-refractivity contribution < 1.29 is 4.92 Å². The Morgan fingerprint density at radius 3 is 2.37 bits per heavy atom. The molecular formula is C29H17BrN8O3. The molecule has 0 spiro atoms. The third-order valence-corrected chi connectivity index (χ3v) is 6.64. The maximum Gasteiger partial charge on any atom is 0.291 e. The van der Waals surface area contributed by atoms with Crippen LogP contribution in [0.2, 0.25) is 0 Å². The highest BCUT2D eigenvalue weighted by Crippen LogP contribution is 2.33. The molecule has 12 heteroatoms. The molecule has 1 N–H and O–H groups in total. The van der Waals surface area contributed by atoms with Crippen molar-refractivity contribution in [2.45, 2.75) is 6.92 Å². The first-order valence-electron chi connectivity index (χ1n) is 12.0. The number of benzene rings is 3. The van der Waals surface area contributed by atoms with E-state index in [0.29, 0.717) is 22.6 Å². The van der Waals surface area contributed by atoms with Gasteiger partial charge in [-0.2, -0.15) is 20.3 Å². The molecule has 3 aromatic carbocycles. The van der Waals surface area contributed by atoms with E-state index in [1.165, 1.54) is 30.5 Å². The predicted octanol–water partition coefficient (Wildman–Crippen LogP) is 5.83. The lowest BCUT2D eigenvalue weighted by Crippen LogP contribution is -2.23. The van der Waals surface area contributed by atoms with Crippen LogP contribution in [0, 0.1) is 32.8 Å². The number of nitrogens with zero attached hydrogens (tertiary/aromatic N) is 7. The van der Waals surface area contributed by atoms with Gasteiger partial charge in [-0.05, 0) is 54.4 Å². The van der Waals surface area contributed by atoms with E-state index in [4.69, 9.17) is 0 Å². The molecule has 0 amide bonds. The summed E-state index contributed by atoms with van der Waals surface area (Å²) in [6.07, 6.45) is 1.47. The highest BCUT2D eigenvalue weighted by Gasteiger charge is 2.24. The number of nitriles is 2. The number of para-hydroxylation sites is 2. The van der Waals surface area contributed by atoms with Crippen molar-refractivity contribution in [2.75, 3.05) is 0 Å². The molecule has 41 heavy (non-hydrogen) atoms. The quantitative estimate of drug-likeness (QED) is 0.145. The van der Waals surface area contributed by atoms with E-state index in [-0.39, 0.29) is 33.8 Å². The number of nitro benzene ring substituents is 1. The molecule has 0 fully saturated rings. The van der Waals surface area contributed by atoms with Crippen LogP contribution in [0.3, 0.4) is 0 Å². The Hall–Kier alpha value is -5.72. The molecule has 0 saturated carbocycles. The van der Waals surface area contributed by atoms with Gasteiger partial charge in [-0.25, -0.2) is 9.98 Å². The van der Waals surface area contributed by atoms with Gasteiger partial charge < -0.3 is 4.98 Å². The number of fused-ring (bicyclic) bond motifs is 1. The van der Waals surface area contributed by atoms with Crippen LogP contribution in [-0.2, 0) is 0 Å². The maximum atomic E-state index is 13.8. The molecule has 11 nitrogen and oxygen atoms in total. The minimum absolute atomic E-state index is 0.00527. The predicted molar refractivity (Wildman–Crippen MR) is 157 cm³/mol.